The van der Waals surface area contributed by atoms with Gasteiger partial charge in [-0.1, -0.05) is 0 Å². The van der Waals surface area contributed by atoms with Crippen LogP contribution in [-0.2, 0) is 6.42 Å². The van der Waals surface area contributed by atoms with Crippen LogP contribution in [0.15, 0.2) is 34.8 Å². The molecule has 5 heteroatoms. The zero-order chi connectivity index (χ0) is 14.3. The Bertz CT molecular complexity index is 713. The first-order chi connectivity index (χ1) is 9.56. The molecule has 1 aliphatic rings. The Morgan fingerprint density at radius 2 is 1.95 bits per heavy atom. The number of hydrogen-bond donors (Lipinski definition) is 0. The van der Waals surface area contributed by atoms with Gasteiger partial charge < -0.3 is 4.74 Å². The fourth-order valence-corrected chi connectivity index (χ4v) is 2.50. The molecule has 0 bridgehead atoms. The molecule has 2 aromatic carbocycles. The van der Waals surface area contributed by atoms with Gasteiger partial charge in [-0.15, -0.1) is 0 Å². The van der Waals surface area contributed by atoms with Gasteiger partial charge in [-0.2, -0.15) is 0 Å². The summed E-state index contributed by atoms with van der Waals surface area (Å²) in [4.78, 5) is 12.3. The largest absolute Gasteiger partial charge is 0.493 e. The molecule has 2 nitrogen and oxygen atoms in total. The molecule has 0 saturated carbocycles. The Morgan fingerprint density at radius 3 is 2.75 bits per heavy atom. The normalized spacial score (nSPS) is 12.9. The molecule has 0 atom stereocenters. The first-order valence-electron chi connectivity index (χ1n) is 6.01. The number of halogens is 3. The molecule has 1 heterocycles. The van der Waals surface area contributed by atoms with Crippen molar-refractivity contribution in [2.75, 3.05) is 6.61 Å². The van der Waals surface area contributed by atoms with Gasteiger partial charge in [0.05, 0.1) is 16.6 Å². The Kier molecular flexibility index (Phi) is 3.30. The lowest BCUT2D eigenvalue weighted by Gasteiger charge is -2.06. The summed E-state index contributed by atoms with van der Waals surface area (Å²) in [5, 5.41) is 0. The van der Waals surface area contributed by atoms with Gasteiger partial charge in [0, 0.05) is 12.0 Å². The highest BCUT2D eigenvalue weighted by Gasteiger charge is 2.19. The second-order valence-electron chi connectivity index (χ2n) is 4.50. The quantitative estimate of drug-likeness (QED) is 0.613. The van der Waals surface area contributed by atoms with Gasteiger partial charge in [0.1, 0.15) is 17.4 Å². The summed E-state index contributed by atoms with van der Waals surface area (Å²) in [5.74, 6) is -1.22. The van der Waals surface area contributed by atoms with Crippen molar-refractivity contribution >= 4 is 21.7 Å². The number of fused-ring (bicyclic) bond motifs is 1. The van der Waals surface area contributed by atoms with E-state index in [1.54, 1.807) is 18.2 Å². The van der Waals surface area contributed by atoms with Crippen molar-refractivity contribution in [1.29, 1.82) is 0 Å². The number of rotatable bonds is 2. The van der Waals surface area contributed by atoms with Crippen LogP contribution in [-0.4, -0.2) is 12.4 Å². The average molecular weight is 339 g/mol. The minimum atomic E-state index is -0.750. The van der Waals surface area contributed by atoms with Gasteiger partial charge in [-0.25, -0.2) is 8.78 Å². The van der Waals surface area contributed by atoms with E-state index in [0.717, 1.165) is 23.4 Å². The van der Waals surface area contributed by atoms with Gasteiger partial charge in [0.15, 0.2) is 5.78 Å². The molecule has 0 N–H and O–H groups in total. The summed E-state index contributed by atoms with van der Waals surface area (Å²) in [7, 11) is 0. The monoisotopic (exact) mass is 338 g/mol. The third-order valence-electron chi connectivity index (χ3n) is 3.21. The van der Waals surface area contributed by atoms with E-state index >= 15 is 0 Å². The molecular formula is C15H9BrF2O2. The third-order valence-corrected chi connectivity index (χ3v) is 3.81. The maximum Gasteiger partial charge on any atom is 0.196 e. The molecule has 0 radical (unpaired) electrons. The zero-order valence-electron chi connectivity index (χ0n) is 10.3. The van der Waals surface area contributed by atoms with Crippen molar-refractivity contribution in [2.24, 2.45) is 0 Å². The third kappa shape index (κ3) is 2.22. The van der Waals surface area contributed by atoms with E-state index in [4.69, 9.17) is 4.74 Å². The minimum absolute atomic E-state index is 0.00565. The molecule has 0 fully saturated rings. The number of benzene rings is 2. The highest BCUT2D eigenvalue weighted by Crippen LogP contribution is 2.28. The maximum absolute atomic E-state index is 13.8. The first kappa shape index (κ1) is 13.2. The van der Waals surface area contributed by atoms with Gasteiger partial charge in [0.25, 0.3) is 0 Å². The van der Waals surface area contributed by atoms with Crippen LogP contribution < -0.4 is 4.74 Å². The second-order valence-corrected chi connectivity index (χ2v) is 5.35. The van der Waals surface area contributed by atoms with Crippen molar-refractivity contribution in [3.8, 4) is 5.75 Å². The zero-order valence-corrected chi connectivity index (χ0v) is 11.8. The van der Waals surface area contributed by atoms with Crippen LogP contribution in [0, 0.1) is 11.6 Å². The van der Waals surface area contributed by atoms with Crippen LogP contribution in [0.5, 0.6) is 5.75 Å². The molecule has 0 unspecified atom stereocenters. The minimum Gasteiger partial charge on any atom is -0.493 e. The van der Waals surface area contributed by atoms with E-state index < -0.39 is 17.4 Å². The Labute approximate surface area is 122 Å². The lowest BCUT2D eigenvalue weighted by Crippen LogP contribution is -2.05. The van der Waals surface area contributed by atoms with E-state index in [1.807, 2.05) is 0 Å². The van der Waals surface area contributed by atoms with Crippen molar-refractivity contribution < 1.29 is 18.3 Å². The van der Waals surface area contributed by atoms with Crippen molar-refractivity contribution in [3.63, 3.8) is 0 Å². The fourth-order valence-electron chi connectivity index (χ4n) is 2.18. The van der Waals surface area contributed by atoms with Crippen LogP contribution in [0.1, 0.15) is 21.5 Å². The standard InChI is InChI=1S/C15H9BrF2O2/c16-11-7-12(17)10(6-13(11)18)15(19)9-1-2-14-8(5-9)3-4-20-14/h1-2,5-7H,3-4H2. The second kappa shape index (κ2) is 4.98. The summed E-state index contributed by atoms with van der Waals surface area (Å²) in [6, 6.07) is 6.78. The number of hydrogen-bond acceptors (Lipinski definition) is 2. The highest BCUT2D eigenvalue weighted by atomic mass is 79.9. The lowest BCUT2D eigenvalue weighted by molar-refractivity contribution is 0.103. The summed E-state index contributed by atoms with van der Waals surface area (Å²) < 4.78 is 32.6. The van der Waals surface area contributed by atoms with E-state index in [9.17, 15) is 13.6 Å². The van der Waals surface area contributed by atoms with E-state index in [0.29, 0.717) is 18.6 Å². The molecule has 0 aliphatic carbocycles. The molecule has 3 rings (SSSR count). The maximum atomic E-state index is 13.8. The van der Waals surface area contributed by atoms with Crippen LogP contribution in [0.25, 0.3) is 0 Å². The lowest BCUT2D eigenvalue weighted by atomic mass is 10.00. The van der Waals surface area contributed by atoms with Crippen LogP contribution >= 0.6 is 15.9 Å². The Hall–Kier alpha value is -1.75. The number of ether oxygens (including phenoxy) is 1. The van der Waals surface area contributed by atoms with E-state index in [1.165, 1.54) is 0 Å². The number of carbonyl (C=O) groups is 1. The van der Waals surface area contributed by atoms with Crippen LogP contribution in [0.4, 0.5) is 8.78 Å². The van der Waals surface area contributed by atoms with Crippen molar-refractivity contribution in [1.82, 2.24) is 0 Å². The van der Waals surface area contributed by atoms with Gasteiger partial charge in [-0.3, -0.25) is 4.79 Å². The average Bonchev–Trinajstić information content (AvgIpc) is 2.89. The predicted octanol–water partition coefficient (Wildman–Crippen LogP) is 3.89. The van der Waals surface area contributed by atoms with Crippen LogP contribution in [0.2, 0.25) is 0 Å². The SMILES string of the molecule is O=C(c1ccc2c(c1)CCO2)c1cc(F)c(Br)cc1F. The molecule has 0 spiro atoms. The molecular weight excluding hydrogens is 330 g/mol. The van der Waals surface area contributed by atoms with Gasteiger partial charge in [0.2, 0.25) is 0 Å². The molecule has 0 amide bonds. The molecule has 1 aliphatic heterocycles. The van der Waals surface area contributed by atoms with E-state index in [2.05, 4.69) is 15.9 Å². The summed E-state index contributed by atoms with van der Waals surface area (Å²) in [6.07, 6.45) is 0.716. The Balaban J connectivity index is 2.03. The van der Waals surface area contributed by atoms with Gasteiger partial charge in [-0.05, 0) is 51.8 Å². The predicted molar refractivity (Wildman–Crippen MR) is 73.1 cm³/mol. The van der Waals surface area contributed by atoms with Crippen molar-refractivity contribution in [3.05, 3.63) is 63.1 Å². The number of carbonyl (C=O) groups excluding carboxylic acids is 1. The topological polar surface area (TPSA) is 26.3 Å². The summed E-state index contributed by atoms with van der Waals surface area (Å²) in [5.41, 5.74) is 0.966. The molecule has 0 saturated heterocycles. The summed E-state index contributed by atoms with van der Waals surface area (Å²) in [6.45, 7) is 0.578. The first-order valence-corrected chi connectivity index (χ1v) is 6.80. The van der Waals surface area contributed by atoms with Crippen molar-refractivity contribution in [2.45, 2.75) is 6.42 Å². The van der Waals surface area contributed by atoms with Gasteiger partial charge >= 0.3 is 0 Å². The number of ketones is 1. The molecule has 0 aromatic heterocycles. The van der Waals surface area contributed by atoms with E-state index in [-0.39, 0.29) is 10.0 Å². The van der Waals surface area contributed by atoms with Crippen LogP contribution in [0.3, 0.4) is 0 Å². The molecule has 2 aromatic rings. The molecule has 20 heavy (non-hydrogen) atoms. The Morgan fingerprint density at radius 1 is 1.15 bits per heavy atom. The molecule has 102 valence electrons. The highest BCUT2D eigenvalue weighted by molar-refractivity contribution is 9.10. The fraction of sp³-hybridized carbons (Fsp3) is 0.133. The summed E-state index contributed by atoms with van der Waals surface area (Å²) >= 11 is 2.88. The smallest absolute Gasteiger partial charge is 0.196 e.